The molecule has 1 aliphatic rings. The van der Waals surface area contributed by atoms with Gasteiger partial charge in [0.15, 0.2) is 0 Å². The average molecular weight is 291 g/mol. The van der Waals surface area contributed by atoms with E-state index in [9.17, 15) is 0 Å². The Morgan fingerprint density at radius 1 is 1.38 bits per heavy atom. The van der Waals surface area contributed by atoms with Crippen LogP contribution in [0.1, 0.15) is 39.2 Å². The first kappa shape index (κ1) is 16.2. The topological polar surface area (TPSA) is 37.4 Å². The van der Waals surface area contributed by atoms with E-state index < -0.39 is 0 Å². The molecule has 0 bridgehead atoms. The van der Waals surface area contributed by atoms with Crippen molar-refractivity contribution in [3.63, 3.8) is 0 Å². The Kier molecular flexibility index (Phi) is 6.00. The number of anilines is 1. The normalized spacial score (nSPS) is 16.2. The summed E-state index contributed by atoms with van der Waals surface area (Å²) in [6, 6.07) is 3.19. The van der Waals surface area contributed by atoms with Crippen LogP contribution in [0.4, 0.5) is 5.69 Å². The maximum Gasteiger partial charge on any atom is 0.0637 e. The molecule has 1 heterocycles. The van der Waals surface area contributed by atoms with Crippen LogP contribution in [0.15, 0.2) is 18.5 Å². The van der Waals surface area contributed by atoms with E-state index in [0.717, 1.165) is 25.6 Å². The minimum atomic E-state index is 0.478. The number of nitrogens with one attached hydrogen (secondary N) is 1. The molecule has 4 nitrogen and oxygen atoms in total. The summed E-state index contributed by atoms with van der Waals surface area (Å²) in [4.78, 5) is 6.81. The van der Waals surface area contributed by atoms with Gasteiger partial charge < -0.3 is 15.0 Å². The lowest BCUT2D eigenvalue weighted by atomic mass is 10.1. The van der Waals surface area contributed by atoms with E-state index >= 15 is 0 Å². The van der Waals surface area contributed by atoms with Crippen LogP contribution in [0.3, 0.4) is 0 Å². The lowest BCUT2D eigenvalue weighted by molar-refractivity contribution is 0.202. The van der Waals surface area contributed by atoms with Crippen molar-refractivity contribution in [3.05, 3.63) is 24.0 Å². The molecule has 1 saturated carbocycles. The molecule has 118 valence electrons. The van der Waals surface area contributed by atoms with E-state index in [1.165, 1.54) is 24.1 Å². The summed E-state index contributed by atoms with van der Waals surface area (Å²) in [5.74, 6) is 0.834. The van der Waals surface area contributed by atoms with Gasteiger partial charge in [0.1, 0.15) is 0 Å². The van der Waals surface area contributed by atoms with Crippen LogP contribution in [-0.4, -0.2) is 37.3 Å². The van der Waals surface area contributed by atoms with Crippen LogP contribution in [0.25, 0.3) is 0 Å². The predicted molar refractivity (Wildman–Crippen MR) is 87.6 cm³/mol. The maximum atomic E-state index is 5.31. The smallest absolute Gasteiger partial charge is 0.0637 e. The molecule has 1 aliphatic carbocycles. The van der Waals surface area contributed by atoms with Crippen LogP contribution in [-0.2, 0) is 11.3 Å². The van der Waals surface area contributed by atoms with E-state index in [4.69, 9.17) is 4.74 Å². The van der Waals surface area contributed by atoms with E-state index in [2.05, 4.69) is 42.0 Å². The third kappa shape index (κ3) is 4.68. The Morgan fingerprint density at radius 3 is 2.76 bits per heavy atom. The Morgan fingerprint density at radius 2 is 2.14 bits per heavy atom. The minimum absolute atomic E-state index is 0.478. The fourth-order valence-electron chi connectivity index (χ4n) is 2.72. The fraction of sp³-hybridized carbons (Fsp3) is 0.706. The van der Waals surface area contributed by atoms with Gasteiger partial charge in [-0.15, -0.1) is 0 Å². The zero-order chi connectivity index (χ0) is 15.2. The highest BCUT2D eigenvalue weighted by molar-refractivity contribution is 5.53. The van der Waals surface area contributed by atoms with Gasteiger partial charge in [-0.1, -0.05) is 13.8 Å². The summed E-state index contributed by atoms with van der Waals surface area (Å²) in [6.07, 6.45) is 6.60. The lowest BCUT2D eigenvalue weighted by Crippen LogP contribution is -2.38. The molecule has 2 rings (SSSR count). The second-order valence-electron chi connectivity index (χ2n) is 6.30. The Bertz CT molecular complexity index is 432. The van der Waals surface area contributed by atoms with Gasteiger partial charge in [-0.3, -0.25) is 4.98 Å². The molecule has 1 N–H and O–H groups in total. The molecule has 1 unspecified atom stereocenters. The van der Waals surface area contributed by atoms with Crippen molar-refractivity contribution in [2.24, 2.45) is 5.92 Å². The first-order chi connectivity index (χ1) is 10.1. The van der Waals surface area contributed by atoms with Crippen LogP contribution in [0.2, 0.25) is 0 Å². The molecule has 0 radical (unpaired) electrons. The number of hydrogen-bond acceptors (Lipinski definition) is 4. The number of rotatable bonds is 9. The predicted octanol–water partition coefficient (Wildman–Crippen LogP) is 2.83. The van der Waals surface area contributed by atoms with Gasteiger partial charge in [0.25, 0.3) is 0 Å². The maximum absolute atomic E-state index is 5.31. The van der Waals surface area contributed by atoms with Crippen LogP contribution in [0.5, 0.6) is 0 Å². The van der Waals surface area contributed by atoms with Crippen molar-refractivity contribution < 1.29 is 4.74 Å². The van der Waals surface area contributed by atoms with E-state index in [1.54, 1.807) is 7.11 Å². The lowest BCUT2D eigenvalue weighted by Gasteiger charge is -2.33. The Labute approximate surface area is 128 Å². The molecule has 1 fully saturated rings. The van der Waals surface area contributed by atoms with Crippen molar-refractivity contribution in [1.82, 2.24) is 10.3 Å². The Hall–Kier alpha value is -1.13. The second kappa shape index (κ2) is 7.76. The van der Waals surface area contributed by atoms with Crippen molar-refractivity contribution in [3.8, 4) is 0 Å². The van der Waals surface area contributed by atoms with Gasteiger partial charge in [-0.2, -0.15) is 0 Å². The van der Waals surface area contributed by atoms with Gasteiger partial charge in [0.05, 0.1) is 6.61 Å². The molecule has 0 saturated heterocycles. The summed E-state index contributed by atoms with van der Waals surface area (Å²) < 4.78 is 5.31. The van der Waals surface area contributed by atoms with Crippen molar-refractivity contribution >= 4 is 5.69 Å². The zero-order valence-corrected chi connectivity index (χ0v) is 13.8. The van der Waals surface area contributed by atoms with Crippen molar-refractivity contribution in [2.45, 2.75) is 52.2 Å². The summed E-state index contributed by atoms with van der Waals surface area (Å²) in [5.41, 5.74) is 2.57. The van der Waals surface area contributed by atoms with Crippen molar-refractivity contribution in [1.29, 1.82) is 0 Å². The highest BCUT2D eigenvalue weighted by Gasteiger charge is 2.32. The molecule has 0 aliphatic heterocycles. The molecule has 1 aromatic rings. The summed E-state index contributed by atoms with van der Waals surface area (Å²) in [7, 11) is 1.77. The fourth-order valence-corrected chi connectivity index (χ4v) is 2.72. The molecule has 0 spiro atoms. The van der Waals surface area contributed by atoms with Crippen LogP contribution in [0, 0.1) is 5.92 Å². The highest BCUT2D eigenvalue weighted by atomic mass is 16.5. The molecular weight excluding hydrogens is 262 g/mol. The quantitative estimate of drug-likeness (QED) is 0.759. The van der Waals surface area contributed by atoms with Gasteiger partial charge >= 0.3 is 0 Å². The minimum Gasteiger partial charge on any atom is -0.383 e. The van der Waals surface area contributed by atoms with E-state index in [-0.39, 0.29) is 0 Å². The molecule has 0 amide bonds. The first-order valence-corrected chi connectivity index (χ1v) is 8.05. The SMILES string of the molecule is COCCN(c1ccncc1CNC(C)C)C(C)C1CC1. The number of hydrogen-bond donors (Lipinski definition) is 1. The van der Waals surface area contributed by atoms with Crippen LogP contribution < -0.4 is 10.2 Å². The standard InChI is InChI=1S/C17H29N3O/c1-13(2)19-12-16-11-18-8-7-17(16)20(9-10-21-4)14(3)15-5-6-15/h7-8,11,13-15,19H,5-6,9-10,12H2,1-4H3. The summed E-state index contributed by atoms with van der Waals surface area (Å²) in [6.45, 7) is 9.25. The molecule has 1 aromatic heterocycles. The summed E-state index contributed by atoms with van der Waals surface area (Å²) >= 11 is 0. The van der Waals surface area contributed by atoms with Crippen molar-refractivity contribution in [2.75, 3.05) is 25.2 Å². The van der Waals surface area contributed by atoms with Gasteiger partial charge in [0.2, 0.25) is 0 Å². The monoisotopic (exact) mass is 291 g/mol. The second-order valence-corrected chi connectivity index (χ2v) is 6.30. The average Bonchev–Trinajstić information content (AvgIpc) is 3.31. The van der Waals surface area contributed by atoms with Gasteiger partial charge in [-0.05, 0) is 31.7 Å². The first-order valence-electron chi connectivity index (χ1n) is 8.05. The van der Waals surface area contributed by atoms with Gasteiger partial charge in [-0.25, -0.2) is 0 Å². The third-order valence-electron chi connectivity index (χ3n) is 4.22. The highest BCUT2D eigenvalue weighted by Crippen LogP contribution is 2.37. The summed E-state index contributed by atoms with van der Waals surface area (Å²) in [5, 5.41) is 3.50. The number of aromatic nitrogens is 1. The van der Waals surface area contributed by atoms with Gasteiger partial charge in [0, 0.05) is 55.9 Å². The largest absolute Gasteiger partial charge is 0.383 e. The number of methoxy groups -OCH3 is 1. The molecule has 4 heteroatoms. The Balaban J connectivity index is 2.16. The number of pyridine rings is 1. The van der Waals surface area contributed by atoms with E-state index in [0.29, 0.717) is 12.1 Å². The molecule has 0 aromatic carbocycles. The molecular formula is C17H29N3O. The zero-order valence-electron chi connectivity index (χ0n) is 13.8. The molecule has 21 heavy (non-hydrogen) atoms. The third-order valence-corrected chi connectivity index (χ3v) is 4.22. The van der Waals surface area contributed by atoms with E-state index in [1.807, 2.05) is 12.4 Å². The molecule has 1 atom stereocenters. The van der Waals surface area contributed by atoms with Crippen LogP contribution >= 0.6 is 0 Å². The number of ether oxygens (including phenoxy) is 1. The number of nitrogens with zero attached hydrogens (tertiary/aromatic N) is 2.